The Hall–Kier alpha value is 0.350. The lowest BCUT2D eigenvalue weighted by molar-refractivity contribution is 0.00148. The van der Waals surface area contributed by atoms with Gasteiger partial charge in [-0.3, -0.25) is 0 Å². The van der Waals surface area contributed by atoms with Crippen LogP contribution >= 0.6 is 12.6 Å². The molecule has 0 aromatic rings. The molecule has 0 saturated heterocycles. The molecule has 5 atom stereocenters. The molecule has 2 fully saturated rings. The van der Waals surface area contributed by atoms with Gasteiger partial charge in [0.25, 0.3) is 0 Å². The van der Waals surface area contributed by atoms with E-state index in [1.165, 1.54) is 64.2 Å². The highest BCUT2D eigenvalue weighted by atomic mass is 32.1. The summed E-state index contributed by atoms with van der Waals surface area (Å²) in [4.78, 5) is 0. The molecule has 0 aliphatic heterocycles. The summed E-state index contributed by atoms with van der Waals surface area (Å²) in [7, 11) is 0. The minimum Gasteiger partial charge on any atom is -0.179 e. The number of rotatable bonds is 4. The molecule has 26 heavy (non-hydrogen) atoms. The van der Waals surface area contributed by atoms with Gasteiger partial charge >= 0.3 is 0 Å². The van der Waals surface area contributed by atoms with Crippen LogP contribution in [0.25, 0.3) is 0 Å². The SMILES string of the molecule is CC1CC(C)(C2(C)CCCCCCC2)CC(C)C(C(C)(C)CCS)C1C. The standard InChI is InChI=1S/C25H48S/c1-19-17-25(7,24(6)13-11-9-8-10-12-14-24)18-20(2)22(21(19)3)23(4,5)15-16-26/h19-22,26H,8-18H2,1-7H3. The second-order valence-electron chi connectivity index (χ2n) is 11.6. The van der Waals surface area contributed by atoms with E-state index in [0.29, 0.717) is 16.2 Å². The smallest absolute Gasteiger partial charge is 0.00927 e. The Kier molecular flexibility index (Phi) is 7.65. The molecule has 2 rings (SSSR count). The van der Waals surface area contributed by atoms with Crippen LogP contribution in [0.3, 0.4) is 0 Å². The molecule has 1 heteroatoms. The van der Waals surface area contributed by atoms with Gasteiger partial charge in [0.05, 0.1) is 0 Å². The topological polar surface area (TPSA) is 0 Å². The zero-order chi connectivity index (χ0) is 19.6. The lowest BCUT2D eigenvalue weighted by Crippen LogP contribution is -2.40. The highest BCUT2D eigenvalue weighted by Gasteiger charge is 2.51. The Morgan fingerprint density at radius 1 is 0.808 bits per heavy atom. The molecule has 0 N–H and O–H groups in total. The fourth-order valence-electron chi connectivity index (χ4n) is 7.41. The third kappa shape index (κ3) is 4.66. The molecule has 0 radical (unpaired) electrons. The van der Waals surface area contributed by atoms with Gasteiger partial charge < -0.3 is 0 Å². The molecule has 0 heterocycles. The first-order valence-corrected chi connectivity index (χ1v) is 12.3. The highest BCUT2D eigenvalue weighted by molar-refractivity contribution is 7.80. The average molecular weight is 381 g/mol. The van der Waals surface area contributed by atoms with E-state index in [2.05, 4.69) is 61.1 Å². The molecule has 2 saturated carbocycles. The van der Waals surface area contributed by atoms with Gasteiger partial charge in [-0.1, -0.05) is 80.6 Å². The largest absolute Gasteiger partial charge is 0.179 e. The van der Waals surface area contributed by atoms with Gasteiger partial charge in [-0.2, -0.15) is 12.6 Å². The van der Waals surface area contributed by atoms with Crippen molar-refractivity contribution in [2.24, 2.45) is 39.9 Å². The van der Waals surface area contributed by atoms with Crippen molar-refractivity contribution in [1.29, 1.82) is 0 Å². The van der Waals surface area contributed by atoms with E-state index in [9.17, 15) is 0 Å². The molecule has 0 aromatic carbocycles. The maximum atomic E-state index is 4.59. The predicted octanol–water partition coefficient (Wildman–Crippen LogP) is 8.41. The molecule has 0 spiro atoms. The van der Waals surface area contributed by atoms with Crippen LogP contribution in [0.15, 0.2) is 0 Å². The normalized spacial score (nSPS) is 39.7. The number of hydrogen-bond acceptors (Lipinski definition) is 1. The van der Waals surface area contributed by atoms with Crippen molar-refractivity contribution in [3.8, 4) is 0 Å². The molecule has 5 unspecified atom stereocenters. The van der Waals surface area contributed by atoms with Crippen molar-refractivity contribution in [3.05, 3.63) is 0 Å². The molecule has 0 amide bonds. The van der Waals surface area contributed by atoms with Crippen LogP contribution in [0.4, 0.5) is 0 Å². The Labute approximate surface area is 171 Å². The molecule has 2 aliphatic rings. The van der Waals surface area contributed by atoms with Crippen LogP contribution in [0.2, 0.25) is 0 Å². The van der Waals surface area contributed by atoms with Crippen molar-refractivity contribution in [2.45, 2.75) is 113 Å². The lowest BCUT2D eigenvalue weighted by Gasteiger charge is -2.50. The van der Waals surface area contributed by atoms with Crippen LogP contribution < -0.4 is 0 Å². The third-order valence-corrected chi connectivity index (χ3v) is 9.42. The summed E-state index contributed by atoms with van der Waals surface area (Å²) in [6.07, 6.45) is 14.3. The van der Waals surface area contributed by atoms with Crippen molar-refractivity contribution in [1.82, 2.24) is 0 Å². The summed E-state index contributed by atoms with van der Waals surface area (Å²) in [6.45, 7) is 18.1. The average Bonchev–Trinajstić information content (AvgIpc) is 2.58. The minimum atomic E-state index is 0.405. The molecule has 2 aliphatic carbocycles. The quantitative estimate of drug-likeness (QED) is 0.367. The monoisotopic (exact) mass is 380 g/mol. The highest BCUT2D eigenvalue weighted by Crippen LogP contribution is 2.60. The summed E-state index contributed by atoms with van der Waals surface area (Å²) < 4.78 is 0. The minimum absolute atomic E-state index is 0.405. The van der Waals surface area contributed by atoms with E-state index >= 15 is 0 Å². The third-order valence-electron chi connectivity index (χ3n) is 9.19. The van der Waals surface area contributed by atoms with Gasteiger partial charge in [-0.05, 0) is 77.8 Å². The zero-order valence-corrected chi connectivity index (χ0v) is 19.9. The maximum absolute atomic E-state index is 4.59. The van der Waals surface area contributed by atoms with Gasteiger partial charge in [0.1, 0.15) is 0 Å². The second-order valence-corrected chi connectivity index (χ2v) is 12.0. The molecular formula is C25H48S. The van der Waals surface area contributed by atoms with Crippen LogP contribution in [0, 0.1) is 39.9 Å². The van der Waals surface area contributed by atoms with Crippen LogP contribution in [-0.4, -0.2) is 5.75 Å². The summed E-state index contributed by atoms with van der Waals surface area (Å²) in [6, 6.07) is 0. The summed E-state index contributed by atoms with van der Waals surface area (Å²) in [5, 5.41) is 0. The molecule has 154 valence electrons. The van der Waals surface area contributed by atoms with Crippen LogP contribution in [0.5, 0.6) is 0 Å². The number of thiol groups is 1. The Morgan fingerprint density at radius 2 is 1.31 bits per heavy atom. The summed E-state index contributed by atoms with van der Waals surface area (Å²) in [5.41, 5.74) is 1.45. The van der Waals surface area contributed by atoms with E-state index in [0.717, 1.165) is 29.4 Å². The fraction of sp³-hybridized carbons (Fsp3) is 1.00. The summed E-state index contributed by atoms with van der Waals surface area (Å²) in [5.74, 6) is 4.31. The van der Waals surface area contributed by atoms with Crippen LogP contribution in [-0.2, 0) is 0 Å². The first-order chi connectivity index (χ1) is 12.1. The lowest BCUT2D eigenvalue weighted by atomic mass is 9.55. The Balaban J connectivity index is 2.32. The van der Waals surface area contributed by atoms with Gasteiger partial charge in [0.15, 0.2) is 0 Å². The van der Waals surface area contributed by atoms with Gasteiger partial charge in [-0.25, -0.2) is 0 Å². The zero-order valence-electron chi connectivity index (χ0n) is 19.0. The van der Waals surface area contributed by atoms with Crippen molar-refractivity contribution < 1.29 is 0 Å². The Bertz CT molecular complexity index is 431. The van der Waals surface area contributed by atoms with Gasteiger partial charge in [0.2, 0.25) is 0 Å². The molecule has 0 nitrogen and oxygen atoms in total. The van der Waals surface area contributed by atoms with Crippen LogP contribution in [0.1, 0.15) is 113 Å². The first kappa shape index (κ1) is 22.6. The van der Waals surface area contributed by atoms with E-state index < -0.39 is 0 Å². The first-order valence-electron chi connectivity index (χ1n) is 11.7. The van der Waals surface area contributed by atoms with Crippen molar-refractivity contribution in [2.75, 3.05) is 5.75 Å². The molecular weight excluding hydrogens is 332 g/mol. The number of hydrogen-bond donors (Lipinski definition) is 1. The molecule has 0 aromatic heterocycles. The fourth-order valence-corrected chi connectivity index (χ4v) is 7.98. The second kappa shape index (κ2) is 8.79. The predicted molar refractivity (Wildman–Crippen MR) is 121 cm³/mol. The van der Waals surface area contributed by atoms with Gasteiger partial charge in [-0.15, -0.1) is 0 Å². The Morgan fingerprint density at radius 3 is 1.85 bits per heavy atom. The van der Waals surface area contributed by atoms with Gasteiger partial charge in [0, 0.05) is 0 Å². The van der Waals surface area contributed by atoms with Crippen molar-refractivity contribution in [3.63, 3.8) is 0 Å². The van der Waals surface area contributed by atoms with Crippen molar-refractivity contribution >= 4 is 12.6 Å². The van der Waals surface area contributed by atoms with E-state index in [1.807, 2.05) is 0 Å². The van der Waals surface area contributed by atoms with E-state index in [-0.39, 0.29) is 0 Å². The van der Waals surface area contributed by atoms with E-state index in [4.69, 9.17) is 0 Å². The van der Waals surface area contributed by atoms with E-state index in [1.54, 1.807) is 0 Å². The summed E-state index contributed by atoms with van der Waals surface area (Å²) >= 11 is 4.59. The maximum Gasteiger partial charge on any atom is -0.00927 e. The molecule has 0 bridgehead atoms.